The van der Waals surface area contributed by atoms with Gasteiger partial charge in [0.05, 0.1) is 0 Å². The molecule has 1 unspecified atom stereocenters. The fourth-order valence-electron chi connectivity index (χ4n) is 4.19. The standard InChI is InChI=1S/C34H54O2S2/c1-30(2)33(35)26-21-19-17-15-13-11-9-7-5-4-6-8-10-12-14-16-18-20-24-31(3)34(36)27-23-22-25-32-28-29-37-38-32/h4-5,8-11,14-17,30-32H,6-7,12-13,18-29H2,1-3H3/b5-4-,10-8-,11-9-,16-14-,17-15-/t31?,32-/m1/s1. The van der Waals surface area contributed by atoms with Crippen molar-refractivity contribution in [2.75, 3.05) is 5.75 Å². The second-order valence-corrected chi connectivity index (χ2v) is 13.5. The first-order chi connectivity index (χ1) is 18.5. The first-order valence-corrected chi connectivity index (χ1v) is 17.5. The van der Waals surface area contributed by atoms with Crippen molar-refractivity contribution in [1.82, 2.24) is 0 Å². The van der Waals surface area contributed by atoms with E-state index in [0.717, 1.165) is 75.9 Å². The van der Waals surface area contributed by atoms with E-state index in [1.54, 1.807) is 0 Å². The molecule has 0 aromatic heterocycles. The van der Waals surface area contributed by atoms with Crippen molar-refractivity contribution in [1.29, 1.82) is 0 Å². The molecule has 0 N–H and O–H groups in total. The SMILES string of the molecule is CC(C)C(=O)CCC/C=C\C/C=C\C/C=C\C/C=C\C/C=C\CCCC(C)C(=O)CCCC[C@@H]1CCSS1. The summed E-state index contributed by atoms with van der Waals surface area (Å²) >= 11 is 0. The van der Waals surface area contributed by atoms with Gasteiger partial charge >= 0.3 is 0 Å². The molecule has 1 rings (SSSR count). The minimum Gasteiger partial charge on any atom is -0.299 e. The van der Waals surface area contributed by atoms with Crippen molar-refractivity contribution < 1.29 is 9.59 Å². The third kappa shape index (κ3) is 20.7. The molecule has 0 spiro atoms. The monoisotopic (exact) mass is 558 g/mol. The highest BCUT2D eigenvalue weighted by atomic mass is 33.1. The molecule has 4 heteroatoms. The molecule has 1 aliphatic heterocycles. The second-order valence-electron chi connectivity index (χ2n) is 10.7. The van der Waals surface area contributed by atoms with Gasteiger partial charge in [0.15, 0.2) is 0 Å². The summed E-state index contributed by atoms with van der Waals surface area (Å²) in [4.78, 5) is 23.9. The van der Waals surface area contributed by atoms with Gasteiger partial charge in [0.2, 0.25) is 0 Å². The minimum absolute atomic E-state index is 0.167. The molecule has 38 heavy (non-hydrogen) atoms. The van der Waals surface area contributed by atoms with E-state index in [9.17, 15) is 9.59 Å². The van der Waals surface area contributed by atoms with E-state index in [1.165, 1.54) is 25.0 Å². The van der Waals surface area contributed by atoms with Crippen LogP contribution >= 0.6 is 21.6 Å². The Morgan fingerprint density at radius 1 is 0.684 bits per heavy atom. The van der Waals surface area contributed by atoms with Crippen LogP contribution in [-0.4, -0.2) is 22.6 Å². The fraction of sp³-hybridized carbons (Fsp3) is 0.647. The molecule has 1 aliphatic rings. The van der Waals surface area contributed by atoms with Crippen LogP contribution in [0.1, 0.15) is 117 Å². The lowest BCUT2D eigenvalue weighted by atomic mass is 9.95. The van der Waals surface area contributed by atoms with Gasteiger partial charge in [-0.25, -0.2) is 0 Å². The van der Waals surface area contributed by atoms with Crippen LogP contribution in [0.15, 0.2) is 60.8 Å². The van der Waals surface area contributed by atoms with E-state index in [1.807, 2.05) is 35.4 Å². The Morgan fingerprint density at radius 3 is 1.74 bits per heavy atom. The highest BCUT2D eigenvalue weighted by molar-refractivity contribution is 8.77. The number of carbonyl (C=O) groups excluding carboxylic acids is 2. The summed E-state index contributed by atoms with van der Waals surface area (Å²) in [5, 5.41) is 0.835. The van der Waals surface area contributed by atoms with E-state index in [0.29, 0.717) is 18.0 Å². The number of allylic oxidation sites excluding steroid dienone is 10. The van der Waals surface area contributed by atoms with Crippen molar-refractivity contribution in [3.63, 3.8) is 0 Å². The lowest BCUT2D eigenvalue weighted by Gasteiger charge is -2.10. The topological polar surface area (TPSA) is 34.1 Å². The summed E-state index contributed by atoms with van der Waals surface area (Å²) in [5.41, 5.74) is 0. The predicted octanol–water partition coefficient (Wildman–Crippen LogP) is 10.8. The number of ketones is 2. The number of hydrogen-bond acceptors (Lipinski definition) is 4. The van der Waals surface area contributed by atoms with Crippen molar-refractivity contribution in [2.45, 2.75) is 122 Å². The molecule has 0 amide bonds. The Balaban J connectivity index is 1.92. The number of Topliss-reactive ketones (excluding diaryl/α,β-unsaturated/α-hetero) is 2. The highest BCUT2D eigenvalue weighted by Crippen LogP contribution is 2.39. The normalized spacial score (nSPS) is 17.4. The van der Waals surface area contributed by atoms with Crippen LogP contribution < -0.4 is 0 Å². The summed E-state index contributed by atoms with van der Waals surface area (Å²) < 4.78 is 0. The average Bonchev–Trinajstić information content (AvgIpc) is 3.43. The molecule has 1 heterocycles. The molecule has 0 aromatic carbocycles. The number of unbranched alkanes of at least 4 members (excludes halogenated alkanes) is 3. The zero-order valence-electron chi connectivity index (χ0n) is 24.5. The first-order valence-electron chi connectivity index (χ1n) is 15.1. The van der Waals surface area contributed by atoms with Gasteiger partial charge in [0, 0.05) is 35.7 Å². The van der Waals surface area contributed by atoms with Crippen molar-refractivity contribution >= 4 is 33.2 Å². The van der Waals surface area contributed by atoms with E-state index < -0.39 is 0 Å². The van der Waals surface area contributed by atoms with Gasteiger partial charge in [-0.1, -0.05) is 110 Å². The largest absolute Gasteiger partial charge is 0.299 e. The third-order valence-electron chi connectivity index (χ3n) is 6.84. The second kappa shape index (κ2) is 24.8. The van der Waals surface area contributed by atoms with Gasteiger partial charge in [0.1, 0.15) is 11.6 Å². The lowest BCUT2D eigenvalue weighted by molar-refractivity contribution is -0.123. The zero-order valence-corrected chi connectivity index (χ0v) is 26.1. The van der Waals surface area contributed by atoms with Gasteiger partial charge in [-0.2, -0.15) is 0 Å². The Kier molecular flexibility index (Phi) is 22.7. The maximum Gasteiger partial charge on any atom is 0.135 e. The van der Waals surface area contributed by atoms with Crippen molar-refractivity contribution in [3.05, 3.63) is 60.8 Å². The number of rotatable bonds is 23. The quantitative estimate of drug-likeness (QED) is 0.0709. The Bertz CT molecular complexity index is 754. The Labute approximate surface area is 242 Å². The summed E-state index contributed by atoms with van der Waals surface area (Å²) in [7, 11) is 4.05. The lowest BCUT2D eigenvalue weighted by Crippen LogP contribution is -2.10. The van der Waals surface area contributed by atoms with E-state index in [-0.39, 0.29) is 11.8 Å². The van der Waals surface area contributed by atoms with E-state index >= 15 is 0 Å². The average molecular weight is 559 g/mol. The summed E-state index contributed by atoms with van der Waals surface area (Å²) in [6.07, 6.45) is 37.6. The van der Waals surface area contributed by atoms with Gasteiger partial charge < -0.3 is 0 Å². The molecule has 1 fully saturated rings. The molecular weight excluding hydrogens is 505 g/mol. The maximum atomic E-state index is 12.3. The molecule has 0 bridgehead atoms. The number of hydrogen-bond donors (Lipinski definition) is 0. The van der Waals surface area contributed by atoms with E-state index in [2.05, 4.69) is 67.7 Å². The molecule has 214 valence electrons. The molecule has 2 atom stereocenters. The van der Waals surface area contributed by atoms with Crippen LogP contribution in [0.2, 0.25) is 0 Å². The van der Waals surface area contributed by atoms with Crippen LogP contribution in [0.25, 0.3) is 0 Å². The molecule has 0 saturated carbocycles. The van der Waals surface area contributed by atoms with E-state index in [4.69, 9.17) is 0 Å². The molecule has 2 nitrogen and oxygen atoms in total. The van der Waals surface area contributed by atoms with Crippen molar-refractivity contribution in [3.8, 4) is 0 Å². The molecule has 0 aromatic rings. The van der Waals surface area contributed by atoms with Gasteiger partial charge in [0.25, 0.3) is 0 Å². The minimum atomic E-state index is 0.167. The fourth-order valence-corrected chi connectivity index (χ4v) is 7.22. The molecular formula is C34H54O2S2. The molecule has 1 saturated heterocycles. The zero-order chi connectivity index (χ0) is 27.7. The van der Waals surface area contributed by atoms with Crippen LogP contribution in [0.4, 0.5) is 0 Å². The first kappa shape index (κ1) is 34.8. The van der Waals surface area contributed by atoms with Gasteiger partial charge in [-0.05, 0) is 77.0 Å². The summed E-state index contributed by atoms with van der Waals surface area (Å²) in [6, 6.07) is 0. The Morgan fingerprint density at radius 2 is 1.21 bits per heavy atom. The smallest absolute Gasteiger partial charge is 0.135 e. The Hall–Kier alpha value is -1.26. The highest BCUT2D eigenvalue weighted by Gasteiger charge is 2.16. The predicted molar refractivity (Wildman–Crippen MR) is 173 cm³/mol. The summed E-state index contributed by atoms with van der Waals surface area (Å²) in [6.45, 7) is 6.06. The third-order valence-corrected chi connectivity index (χ3v) is 9.85. The van der Waals surface area contributed by atoms with Crippen LogP contribution in [-0.2, 0) is 9.59 Å². The summed E-state index contributed by atoms with van der Waals surface area (Å²) in [5.74, 6) is 2.52. The van der Waals surface area contributed by atoms with Gasteiger partial charge in [-0.15, -0.1) is 0 Å². The maximum absolute atomic E-state index is 12.3. The van der Waals surface area contributed by atoms with Gasteiger partial charge in [-0.3, -0.25) is 9.59 Å². The van der Waals surface area contributed by atoms with Crippen LogP contribution in [0.5, 0.6) is 0 Å². The van der Waals surface area contributed by atoms with Crippen LogP contribution in [0, 0.1) is 11.8 Å². The molecule has 0 radical (unpaired) electrons. The molecule has 0 aliphatic carbocycles. The van der Waals surface area contributed by atoms with Crippen LogP contribution in [0.3, 0.4) is 0 Å². The van der Waals surface area contributed by atoms with Crippen molar-refractivity contribution in [2.24, 2.45) is 11.8 Å². The number of carbonyl (C=O) groups is 2.